The fraction of sp³-hybridized carbons (Fsp3) is 0.385. The molecule has 1 aromatic rings. The summed E-state index contributed by atoms with van der Waals surface area (Å²) >= 11 is 0. The highest BCUT2D eigenvalue weighted by Gasteiger charge is 2.47. The van der Waals surface area contributed by atoms with Crippen molar-refractivity contribution in [2.45, 2.75) is 13.0 Å². The van der Waals surface area contributed by atoms with Crippen LogP contribution in [0, 0.1) is 5.41 Å². The number of rotatable bonds is 3. The molecule has 0 saturated carbocycles. The molecule has 1 saturated heterocycles. The van der Waals surface area contributed by atoms with Gasteiger partial charge in [0.15, 0.2) is 0 Å². The van der Waals surface area contributed by atoms with Gasteiger partial charge in [0, 0.05) is 5.56 Å². The monoisotopic (exact) mass is 249 g/mol. The van der Waals surface area contributed by atoms with E-state index < -0.39 is 17.4 Å². The molecular weight excluding hydrogens is 234 g/mol. The molecule has 0 radical (unpaired) electrons. The Morgan fingerprint density at radius 2 is 2.06 bits per heavy atom. The van der Waals surface area contributed by atoms with E-state index in [1.165, 1.54) is 0 Å². The maximum Gasteiger partial charge on any atom is 0.313 e. The summed E-state index contributed by atoms with van der Waals surface area (Å²) in [5, 5.41) is 11.9. The second-order valence-electron chi connectivity index (χ2n) is 4.63. The molecule has 2 atom stereocenters. The first-order chi connectivity index (χ1) is 8.54. The number of aliphatic carboxylic acids is 1. The highest BCUT2D eigenvalue weighted by atomic mass is 16.5. The summed E-state index contributed by atoms with van der Waals surface area (Å²) in [5.74, 6) is -1.24. The highest BCUT2D eigenvalue weighted by Crippen LogP contribution is 2.28. The molecule has 0 aliphatic carbocycles. The number of hydrogen-bond donors (Lipinski definition) is 2. The molecular formula is C13H15NO4. The van der Waals surface area contributed by atoms with Gasteiger partial charge in [-0.15, -0.1) is 0 Å². The van der Waals surface area contributed by atoms with Gasteiger partial charge in [-0.05, 0) is 19.1 Å². The van der Waals surface area contributed by atoms with Crippen molar-refractivity contribution in [2.24, 2.45) is 5.41 Å². The Hall–Kier alpha value is -1.88. The van der Waals surface area contributed by atoms with Crippen molar-refractivity contribution in [2.75, 3.05) is 13.2 Å². The van der Waals surface area contributed by atoms with E-state index in [0.29, 0.717) is 5.56 Å². The van der Waals surface area contributed by atoms with E-state index >= 15 is 0 Å². The van der Waals surface area contributed by atoms with Crippen molar-refractivity contribution in [3.63, 3.8) is 0 Å². The van der Waals surface area contributed by atoms with Crippen LogP contribution in [0.4, 0.5) is 0 Å². The van der Waals surface area contributed by atoms with Crippen molar-refractivity contribution in [3.05, 3.63) is 35.9 Å². The van der Waals surface area contributed by atoms with Gasteiger partial charge in [-0.2, -0.15) is 0 Å². The second kappa shape index (κ2) is 4.78. The van der Waals surface area contributed by atoms with Crippen molar-refractivity contribution in [1.82, 2.24) is 5.32 Å². The van der Waals surface area contributed by atoms with E-state index in [1.54, 1.807) is 31.2 Å². The van der Waals surface area contributed by atoms with Crippen molar-refractivity contribution in [1.29, 1.82) is 0 Å². The zero-order valence-corrected chi connectivity index (χ0v) is 10.1. The summed E-state index contributed by atoms with van der Waals surface area (Å²) < 4.78 is 5.18. The maximum atomic E-state index is 12.0. The molecule has 2 N–H and O–H groups in total. The average molecular weight is 249 g/mol. The largest absolute Gasteiger partial charge is 0.481 e. The minimum atomic E-state index is -1.07. The van der Waals surface area contributed by atoms with E-state index in [0.717, 1.165) is 0 Å². The lowest BCUT2D eigenvalue weighted by Crippen LogP contribution is -2.49. The van der Waals surface area contributed by atoms with Crippen LogP contribution >= 0.6 is 0 Å². The fourth-order valence-electron chi connectivity index (χ4n) is 1.92. The molecule has 1 heterocycles. The molecule has 5 nitrogen and oxygen atoms in total. The number of carboxylic acids is 1. The molecule has 0 aromatic heterocycles. The lowest BCUT2D eigenvalue weighted by atomic mass is 9.85. The quantitative estimate of drug-likeness (QED) is 0.834. The standard InChI is InChI=1S/C13H15NO4/c1-13(12(16)17)8-18-7-10(13)14-11(15)9-5-3-2-4-6-9/h2-6,10H,7-8H2,1H3,(H,14,15)(H,16,17). The maximum absolute atomic E-state index is 12.0. The zero-order chi connectivity index (χ0) is 13.2. The van der Waals surface area contributed by atoms with Crippen LogP contribution in [-0.4, -0.2) is 36.2 Å². The molecule has 0 bridgehead atoms. The van der Waals surface area contributed by atoms with Crippen LogP contribution < -0.4 is 5.32 Å². The van der Waals surface area contributed by atoms with Crippen LogP contribution in [0.5, 0.6) is 0 Å². The Balaban J connectivity index is 2.10. The van der Waals surface area contributed by atoms with Gasteiger partial charge >= 0.3 is 5.97 Å². The third-order valence-electron chi connectivity index (χ3n) is 3.29. The Morgan fingerprint density at radius 3 is 2.67 bits per heavy atom. The van der Waals surface area contributed by atoms with Crippen LogP contribution in [0.1, 0.15) is 17.3 Å². The highest BCUT2D eigenvalue weighted by molar-refractivity contribution is 5.94. The average Bonchev–Trinajstić information content (AvgIpc) is 2.73. The van der Waals surface area contributed by atoms with Gasteiger partial charge in [0.05, 0.1) is 19.3 Å². The number of hydrogen-bond acceptors (Lipinski definition) is 3. The molecule has 5 heteroatoms. The van der Waals surface area contributed by atoms with Gasteiger partial charge in [-0.3, -0.25) is 9.59 Å². The Morgan fingerprint density at radius 1 is 1.39 bits per heavy atom. The lowest BCUT2D eigenvalue weighted by Gasteiger charge is -2.25. The van der Waals surface area contributed by atoms with Crippen molar-refractivity contribution in [3.8, 4) is 0 Å². The molecule has 2 unspecified atom stereocenters. The number of benzene rings is 1. The SMILES string of the molecule is CC1(C(=O)O)COCC1NC(=O)c1ccccc1. The smallest absolute Gasteiger partial charge is 0.313 e. The molecule has 1 aliphatic rings. The topological polar surface area (TPSA) is 75.6 Å². The van der Waals surface area contributed by atoms with Gasteiger partial charge in [-0.25, -0.2) is 0 Å². The fourth-order valence-corrected chi connectivity index (χ4v) is 1.92. The van der Waals surface area contributed by atoms with Crippen molar-refractivity contribution >= 4 is 11.9 Å². The van der Waals surface area contributed by atoms with Gasteiger partial charge in [0.2, 0.25) is 0 Å². The minimum Gasteiger partial charge on any atom is -0.481 e. The summed E-state index contributed by atoms with van der Waals surface area (Å²) in [5.41, 5.74) is -0.554. The number of ether oxygens (including phenoxy) is 1. The summed E-state index contributed by atoms with van der Waals surface area (Å²) in [6, 6.07) is 8.19. The van der Waals surface area contributed by atoms with Crippen LogP contribution in [0.2, 0.25) is 0 Å². The lowest BCUT2D eigenvalue weighted by molar-refractivity contribution is -0.148. The summed E-state index contributed by atoms with van der Waals surface area (Å²) in [7, 11) is 0. The first-order valence-electron chi connectivity index (χ1n) is 5.71. The second-order valence-corrected chi connectivity index (χ2v) is 4.63. The molecule has 2 rings (SSSR count). The molecule has 96 valence electrons. The number of carbonyl (C=O) groups excluding carboxylic acids is 1. The zero-order valence-electron chi connectivity index (χ0n) is 10.1. The summed E-state index contributed by atoms with van der Waals surface area (Å²) in [6.45, 7) is 1.92. The van der Waals surface area contributed by atoms with E-state index in [2.05, 4.69) is 5.32 Å². The van der Waals surface area contributed by atoms with E-state index in [9.17, 15) is 14.7 Å². The predicted molar refractivity (Wildman–Crippen MR) is 64.3 cm³/mol. The van der Waals surface area contributed by atoms with Gasteiger partial charge in [-0.1, -0.05) is 18.2 Å². The number of carboxylic acid groups (broad SMARTS) is 1. The molecule has 1 aromatic carbocycles. The first-order valence-corrected chi connectivity index (χ1v) is 5.71. The normalized spacial score (nSPS) is 26.8. The molecule has 0 spiro atoms. The summed E-state index contributed by atoms with van der Waals surface area (Å²) in [6.07, 6.45) is 0. The third-order valence-corrected chi connectivity index (χ3v) is 3.29. The van der Waals surface area contributed by atoms with Crippen molar-refractivity contribution < 1.29 is 19.4 Å². The Kier molecular flexibility index (Phi) is 3.34. The first kappa shape index (κ1) is 12.6. The Bertz CT molecular complexity index is 459. The summed E-state index contributed by atoms with van der Waals surface area (Å²) in [4.78, 5) is 23.2. The van der Waals surface area contributed by atoms with E-state index in [-0.39, 0.29) is 19.1 Å². The van der Waals surface area contributed by atoms with Gasteiger partial charge < -0.3 is 15.2 Å². The van der Waals surface area contributed by atoms with Gasteiger partial charge in [0.1, 0.15) is 5.41 Å². The van der Waals surface area contributed by atoms with Gasteiger partial charge in [0.25, 0.3) is 5.91 Å². The van der Waals surface area contributed by atoms with Crippen LogP contribution in [-0.2, 0) is 9.53 Å². The van der Waals surface area contributed by atoms with E-state index in [1.807, 2.05) is 6.07 Å². The number of nitrogens with one attached hydrogen (secondary N) is 1. The molecule has 1 fully saturated rings. The van der Waals surface area contributed by atoms with Crippen LogP contribution in [0.25, 0.3) is 0 Å². The number of amides is 1. The minimum absolute atomic E-state index is 0.113. The predicted octanol–water partition coefficient (Wildman–Crippen LogP) is 0.906. The molecule has 18 heavy (non-hydrogen) atoms. The molecule has 1 amide bonds. The third kappa shape index (κ3) is 2.22. The number of carbonyl (C=O) groups is 2. The van der Waals surface area contributed by atoms with Crippen LogP contribution in [0.3, 0.4) is 0 Å². The Labute approximate surface area is 105 Å². The van der Waals surface area contributed by atoms with Crippen LogP contribution in [0.15, 0.2) is 30.3 Å². The van der Waals surface area contributed by atoms with E-state index in [4.69, 9.17) is 4.74 Å². The molecule has 1 aliphatic heterocycles.